The van der Waals surface area contributed by atoms with E-state index in [9.17, 15) is 4.79 Å². The Balaban J connectivity index is 1.31. The highest BCUT2D eigenvalue weighted by Gasteiger charge is 2.09. The summed E-state index contributed by atoms with van der Waals surface area (Å²) in [5.41, 5.74) is 3.31. The maximum Gasteiger partial charge on any atom is 0.255 e. The van der Waals surface area contributed by atoms with Crippen LogP contribution in [0.4, 0.5) is 5.69 Å². The SMILES string of the molecule is CCc1ccc(OCn2cc(NC(=O)c3cccc(COc4cccc(Br)c4)c3)cn2)cc1. The Morgan fingerprint density at radius 1 is 0.970 bits per heavy atom. The van der Waals surface area contributed by atoms with Crippen molar-refractivity contribution in [1.29, 1.82) is 0 Å². The molecule has 6 nitrogen and oxygen atoms in total. The number of ether oxygens (including phenoxy) is 2. The molecule has 0 spiro atoms. The molecule has 1 aromatic heterocycles. The second-order valence-corrected chi connectivity index (χ2v) is 8.36. The van der Waals surface area contributed by atoms with Gasteiger partial charge in [-0.15, -0.1) is 0 Å². The quantitative estimate of drug-likeness (QED) is 0.299. The van der Waals surface area contributed by atoms with Crippen LogP contribution in [0.2, 0.25) is 0 Å². The van der Waals surface area contributed by atoms with Crippen LogP contribution in [0, 0.1) is 0 Å². The van der Waals surface area contributed by atoms with Gasteiger partial charge in [-0.2, -0.15) is 5.10 Å². The molecule has 33 heavy (non-hydrogen) atoms. The van der Waals surface area contributed by atoms with Crippen LogP contribution < -0.4 is 14.8 Å². The third kappa shape index (κ3) is 6.46. The topological polar surface area (TPSA) is 65.4 Å². The predicted octanol–water partition coefficient (Wildman–Crippen LogP) is 6.08. The molecule has 0 radical (unpaired) electrons. The summed E-state index contributed by atoms with van der Waals surface area (Å²) >= 11 is 3.43. The summed E-state index contributed by atoms with van der Waals surface area (Å²) < 4.78 is 14.2. The molecule has 0 saturated heterocycles. The van der Waals surface area contributed by atoms with E-state index >= 15 is 0 Å². The van der Waals surface area contributed by atoms with E-state index in [1.165, 1.54) is 5.56 Å². The lowest BCUT2D eigenvalue weighted by Gasteiger charge is -2.08. The van der Waals surface area contributed by atoms with Gasteiger partial charge in [-0.25, -0.2) is 4.68 Å². The fraction of sp³-hybridized carbons (Fsp3) is 0.154. The number of halogens is 1. The Bertz CT molecular complexity index is 1220. The second-order valence-electron chi connectivity index (χ2n) is 7.44. The molecule has 0 saturated carbocycles. The number of aromatic nitrogens is 2. The summed E-state index contributed by atoms with van der Waals surface area (Å²) in [5, 5.41) is 7.13. The van der Waals surface area contributed by atoms with E-state index in [0.29, 0.717) is 17.9 Å². The Hall–Kier alpha value is -3.58. The highest BCUT2D eigenvalue weighted by molar-refractivity contribution is 9.10. The number of carbonyl (C=O) groups excluding carboxylic acids is 1. The number of nitrogens with one attached hydrogen (secondary N) is 1. The zero-order valence-corrected chi connectivity index (χ0v) is 19.8. The number of hydrogen-bond donors (Lipinski definition) is 1. The summed E-state index contributed by atoms with van der Waals surface area (Å²) in [6.45, 7) is 2.74. The lowest BCUT2D eigenvalue weighted by molar-refractivity contribution is 0.102. The molecule has 0 aliphatic heterocycles. The van der Waals surface area contributed by atoms with Crippen molar-refractivity contribution in [3.8, 4) is 11.5 Å². The van der Waals surface area contributed by atoms with E-state index < -0.39 is 0 Å². The average molecular weight is 506 g/mol. The molecule has 1 amide bonds. The zero-order chi connectivity index (χ0) is 23.0. The van der Waals surface area contributed by atoms with E-state index in [-0.39, 0.29) is 12.6 Å². The smallest absolute Gasteiger partial charge is 0.255 e. The van der Waals surface area contributed by atoms with Crippen LogP contribution in [0.25, 0.3) is 0 Å². The van der Waals surface area contributed by atoms with Gasteiger partial charge >= 0.3 is 0 Å². The van der Waals surface area contributed by atoms with Crippen molar-refractivity contribution >= 4 is 27.5 Å². The van der Waals surface area contributed by atoms with Gasteiger partial charge in [0.05, 0.1) is 18.1 Å². The maximum absolute atomic E-state index is 12.7. The molecule has 1 N–H and O–H groups in total. The molecule has 3 aromatic carbocycles. The van der Waals surface area contributed by atoms with Crippen LogP contribution in [-0.2, 0) is 19.8 Å². The van der Waals surface area contributed by atoms with E-state index in [0.717, 1.165) is 28.0 Å². The molecule has 4 rings (SSSR count). The van der Waals surface area contributed by atoms with Crippen molar-refractivity contribution in [2.75, 3.05) is 5.32 Å². The van der Waals surface area contributed by atoms with Crippen LogP contribution >= 0.6 is 15.9 Å². The molecular formula is C26H24BrN3O3. The number of benzene rings is 3. The van der Waals surface area contributed by atoms with E-state index in [1.807, 2.05) is 66.7 Å². The molecule has 1 heterocycles. The normalized spacial score (nSPS) is 10.6. The van der Waals surface area contributed by atoms with Gasteiger partial charge in [-0.3, -0.25) is 4.79 Å². The average Bonchev–Trinajstić information content (AvgIpc) is 3.29. The summed E-state index contributed by atoms with van der Waals surface area (Å²) in [6, 6.07) is 23.0. The molecule has 0 aliphatic carbocycles. The van der Waals surface area contributed by atoms with Crippen LogP contribution in [0.1, 0.15) is 28.4 Å². The van der Waals surface area contributed by atoms with Crippen LogP contribution in [0.15, 0.2) is 89.7 Å². The number of aryl methyl sites for hydroxylation is 1. The van der Waals surface area contributed by atoms with Crippen LogP contribution in [-0.4, -0.2) is 15.7 Å². The number of carbonyl (C=O) groups is 1. The predicted molar refractivity (Wildman–Crippen MR) is 132 cm³/mol. The number of hydrogen-bond acceptors (Lipinski definition) is 4. The van der Waals surface area contributed by atoms with Crippen molar-refractivity contribution in [3.05, 3.63) is 106 Å². The third-order valence-corrected chi connectivity index (χ3v) is 5.47. The Labute approximate surface area is 201 Å². The van der Waals surface area contributed by atoms with E-state index in [2.05, 4.69) is 33.3 Å². The highest BCUT2D eigenvalue weighted by Crippen LogP contribution is 2.19. The molecule has 0 fully saturated rings. The summed E-state index contributed by atoms with van der Waals surface area (Å²) in [5.74, 6) is 1.32. The summed E-state index contributed by atoms with van der Waals surface area (Å²) in [4.78, 5) is 12.7. The minimum atomic E-state index is -0.213. The van der Waals surface area contributed by atoms with Gasteiger partial charge in [0, 0.05) is 10.0 Å². The van der Waals surface area contributed by atoms with Gasteiger partial charge in [0.2, 0.25) is 0 Å². The standard InChI is InChI=1S/C26H24BrN3O3/c1-2-19-9-11-24(12-10-19)33-18-30-16-23(15-28-30)29-26(31)21-6-3-5-20(13-21)17-32-25-8-4-7-22(27)14-25/h3-16H,2,17-18H2,1H3,(H,29,31). The Morgan fingerprint density at radius 2 is 1.79 bits per heavy atom. The van der Waals surface area contributed by atoms with Gasteiger partial charge < -0.3 is 14.8 Å². The number of amides is 1. The monoisotopic (exact) mass is 505 g/mol. The Morgan fingerprint density at radius 3 is 2.58 bits per heavy atom. The first-order valence-corrected chi connectivity index (χ1v) is 11.4. The maximum atomic E-state index is 12.7. The summed E-state index contributed by atoms with van der Waals surface area (Å²) in [7, 11) is 0. The largest absolute Gasteiger partial charge is 0.489 e. The summed E-state index contributed by atoms with van der Waals surface area (Å²) in [6.07, 6.45) is 4.32. The van der Waals surface area contributed by atoms with Gasteiger partial charge in [0.15, 0.2) is 6.73 Å². The first kappa shape index (κ1) is 22.6. The molecular weight excluding hydrogens is 482 g/mol. The molecule has 168 valence electrons. The molecule has 7 heteroatoms. The van der Waals surface area contributed by atoms with Crippen LogP contribution in [0.3, 0.4) is 0 Å². The number of nitrogens with zero attached hydrogens (tertiary/aromatic N) is 2. The van der Waals surface area contributed by atoms with Crippen molar-refractivity contribution < 1.29 is 14.3 Å². The van der Waals surface area contributed by atoms with Crippen molar-refractivity contribution in [1.82, 2.24) is 9.78 Å². The fourth-order valence-electron chi connectivity index (χ4n) is 3.19. The Kier molecular flexibility index (Phi) is 7.42. The molecule has 0 bridgehead atoms. The van der Waals surface area contributed by atoms with Crippen molar-refractivity contribution in [2.45, 2.75) is 26.7 Å². The molecule has 0 unspecified atom stereocenters. The second kappa shape index (κ2) is 10.8. The van der Waals surface area contributed by atoms with Gasteiger partial charge in [-0.1, -0.05) is 53.2 Å². The van der Waals surface area contributed by atoms with Crippen molar-refractivity contribution in [3.63, 3.8) is 0 Å². The first-order valence-electron chi connectivity index (χ1n) is 10.6. The minimum Gasteiger partial charge on any atom is -0.489 e. The molecule has 0 aliphatic rings. The van der Waals surface area contributed by atoms with Gasteiger partial charge in [0.1, 0.15) is 18.1 Å². The lowest BCUT2D eigenvalue weighted by atomic mass is 10.1. The van der Waals surface area contributed by atoms with Gasteiger partial charge in [0.25, 0.3) is 5.91 Å². The minimum absolute atomic E-state index is 0.213. The number of rotatable bonds is 9. The van der Waals surface area contributed by atoms with Crippen molar-refractivity contribution in [2.24, 2.45) is 0 Å². The van der Waals surface area contributed by atoms with E-state index in [1.54, 1.807) is 23.1 Å². The van der Waals surface area contributed by atoms with E-state index in [4.69, 9.17) is 9.47 Å². The van der Waals surface area contributed by atoms with Crippen LogP contribution in [0.5, 0.6) is 11.5 Å². The fourth-order valence-corrected chi connectivity index (χ4v) is 3.57. The number of anilines is 1. The third-order valence-electron chi connectivity index (χ3n) is 4.98. The molecule has 0 atom stereocenters. The van der Waals surface area contributed by atoms with Gasteiger partial charge in [-0.05, 0) is 60.0 Å². The zero-order valence-electron chi connectivity index (χ0n) is 18.2. The molecule has 4 aromatic rings. The lowest BCUT2D eigenvalue weighted by Crippen LogP contribution is -2.12. The first-order chi connectivity index (χ1) is 16.1. The highest BCUT2D eigenvalue weighted by atomic mass is 79.9.